The molecule has 0 radical (unpaired) electrons. The molecule has 0 aliphatic rings. The minimum absolute atomic E-state index is 0.265. The number of hydrogen-bond donors (Lipinski definition) is 1. The zero-order valence-electron chi connectivity index (χ0n) is 13.3. The van der Waals surface area contributed by atoms with E-state index in [0.717, 1.165) is 5.56 Å². The van der Waals surface area contributed by atoms with Crippen LogP contribution in [0.5, 0.6) is 0 Å². The molecule has 0 aliphatic carbocycles. The van der Waals surface area contributed by atoms with Crippen molar-refractivity contribution in [2.24, 2.45) is 0 Å². The molecule has 0 aromatic carbocycles. The number of rotatable bonds is 4. The second-order valence-corrected chi connectivity index (χ2v) is 5.76. The summed E-state index contributed by atoms with van der Waals surface area (Å²) in [4.78, 5) is 20.2. The standard InChI is InChI=1S/C15H21N5O2/c1-5-20-12(10-17-14(21)22-15(2,3)4)18-13(19-20)11-6-8-16-9-7-11/h6-9H,5,10H2,1-4H3,(H,17,21). The normalized spacial score (nSPS) is 11.3. The molecule has 7 nitrogen and oxygen atoms in total. The maximum Gasteiger partial charge on any atom is 0.408 e. The molecule has 2 aromatic rings. The Hall–Kier alpha value is -2.44. The van der Waals surface area contributed by atoms with E-state index in [4.69, 9.17) is 4.74 Å². The largest absolute Gasteiger partial charge is 0.444 e. The number of nitrogens with zero attached hydrogens (tertiary/aromatic N) is 4. The molecule has 2 rings (SSSR count). The minimum Gasteiger partial charge on any atom is -0.444 e. The van der Waals surface area contributed by atoms with Crippen LogP contribution in [0.2, 0.25) is 0 Å². The average molecular weight is 303 g/mol. The lowest BCUT2D eigenvalue weighted by molar-refractivity contribution is 0.0521. The van der Waals surface area contributed by atoms with E-state index in [1.54, 1.807) is 17.1 Å². The van der Waals surface area contributed by atoms with Crippen molar-refractivity contribution in [3.8, 4) is 11.4 Å². The van der Waals surface area contributed by atoms with Crippen LogP contribution in [0.3, 0.4) is 0 Å². The second-order valence-electron chi connectivity index (χ2n) is 5.76. The monoisotopic (exact) mass is 303 g/mol. The Morgan fingerprint density at radius 1 is 1.32 bits per heavy atom. The predicted molar refractivity (Wildman–Crippen MR) is 82.0 cm³/mol. The fourth-order valence-corrected chi connectivity index (χ4v) is 1.85. The van der Waals surface area contributed by atoms with Gasteiger partial charge < -0.3 is 10.1 Å². The number of aryl methyl sites for hydroxylation is 1. The first-order valence-corrected chi connectivity index (χ1v) is 7.20. The Bertz CT molecular complexity index is 631. The Balaban J connectivity index is 2.08. The third-order valence-electron chi connectivity index (χ3n) is 2.78. The first kappa shape index (κ1) is 15.9. The molecule has 118 valence electrons. The highest BCUT2D eigenvalue weighted by atomic mass is 16.6. The minimum atomic E-state index is -0.523. The number of carbonyl (C=O) groups excluding carboxylic acids is 1. The fraction of sp³-hybridized carbons (Fsp3) is 0.467. The molecular weight excluding hydrogens is 282 g/mol. The molecule has 0 saturated heterocycles. The number of carbonyl (C=O) groups is 1. The molecule has 0 bridgehead atoms. The quantitative estimate of drug-likeness (QED) is 0.937. The lowest BCUT2D eigenvalue weighted by Gasteiger charge is -2.19. The van der Waals surface area contributed by atoms with Crippen LogP contribution in [0.15, 0.2) is 24.5 Å². The van der Waals surface area contributed by atoms with Gasteiger partial charge >= 0.3 is 6.09 Å². The van der Waals surface area contributed by atoms with E-state index in [9.17, 15) is 4.79 Å². The summed E-state index contributed by atoms with van der Waals surface area (Å²) in [6.45, 7) is 8.38. The SMILES string of the molecule is CCn1nc(-c2ccncc2)nc1CNC(=O)OC(C)(C)C. The number of aromatic nitrogens is 4. The van der Waals surface area contributed by atoms with Gasteiger partial charge in [-0.2, -0.15) is 5.10 Å². The number of ether oxygens (including phenoxy) is 1. The van der Waals surface area contributed by atoms with Crippen molar-refractivity contribution in [2.75, 3.05) is 0 Å². The molecule has 0 spiro atoms. The summed E-state index contributed by atoms with van der Waals surface area (Å²) in [6, 6.07) is 3.70. The van der Waals surface area contributed by atoms with E-state index >= 15 is 0 Å². The van der Waals surface area contributed by atoms with Crippen molar-refractivity contribution in [3.05, 3.63) is 30.4 Å². The van der Waals surface area contributed by atoms with Crippen LogP contribution in [0, 0.1) is 0 Å². The molecule has 1 N–H and O–H groups in total. The van der Waals surface area contributed by atoms with Gasteiger partial charge in [-0.15, -0.1) is 0 Å². The molecule has 1 amide bonds. The van der Waals surface area contributed by atoms with Crippen LogP contribution in [0.1, 0.15) is 33.5 Å². The van der Waals surface area contributed by atoms with Gasteiger partial charge in [-0.3, -0.25) is 4.98 Å². The van der Waals surface area contributed by atoms with Crippen LogP contribution in [-0.4, -0.2) is 31.4 Å². The third-order valence-corrected chi connectivity index (χ3v) is 2.78. The number of hydrogen-bond acceptors (Lipinski definition) is 5. The average Bonchev–Trinajstić information content (AvgIpc) is 2.87. The lowest BCUT2D eigenvalue weighted by atomic mass is 10.2. The summed E-state index contributed by atoms with van der Waals surface area (Å²) >= 11 is 0. The van der Waals surface area contributed by atoms with Gasteiger partial charge in [0.05, 0.1) is 6.54 Å². The molecular formula is C15H21N5O2. The molecule has 0 aliphatic heterocycles. The second kappa shape index (κ2) is 6.55. The highest BCUT2D eigenvalue weighted by Crippen LogP contribution is 2.14. The lowest BCUT2D eigenvalue weighted by Crippen LogP contribution is -2.32. The van der Waals surface area contributed by atoms with Gasteiger partial charge in [0, 0.05) is 24.5 Å². The Morgan fingerprint density at radius 2 is 2.00 bits per heavy atom. The summed E-state index contributed by atoms with van der Waals surface area (Å²) in [5, 5.41) is 7.14. The number of pyridine rings is 1. The molecule has 0 unspecified atom stereocenters. The molecule has 0 atom stereocenters. The first-order chi connectivity index (χ1) is 10.4. The van der Waals surface area contributed by atoms with Crippen LogP contribution < -0.4 is 5.32 Å². The highest BCUT2D eigenvalue weighted by Gasteiger charge is 2.17. The van der Waals surface area contributed by atoms with Gasteiger partial charge in [-0.1, -0.05) is 0 Å². The van der Waals surface area contributed by atoms with Gasteiger partial charge in [0.1, 0.15) is 11.4 Å². The molecule has 0 fully saturated rings. The Kier molecular flexibility index (Phi) is 4.75. The summed E-state index contributed by atoms with van der Waals surface area (Å²) in [5.41, 5.74) is 0.366. The molecule has 7 heteroatoms. The number of alkyl carbamates (subject to hydrolysis) is 1. The van der Waals surface area contributed by atoms with E-state index in [2.05, 4.69) is 20.4 Å². The topological polar surface area (TPSA) is 81.9 Å². The van der Waals surface area contributed by atoms with Crippen LogP contribution in [0.4, 0.5) is 4.79 Å². The number of amides is 1. The third kappa shape index (κ3) is 4.28. The van der Waals surface area contributed by atoms with Crippen molar-refractivity contribution in [3.63, 3.8) is 0 Å². The molecule has 0 saturated carbocycles. The summed E-state index contributed by atoms with van der Waals surface area (Å²) < 4.78 is 6.97. The first-order valence-electron chi connectivity index (χ1n) is 7.20. The van der Waals surface area contributed by atoms with Gasteiger partial charge in [0.25, 0.3) is 0 Å². The zero-order chi connectivity index (χ0) is 16.2. The van der Waals surface area contributed by atoms with Crippen LogP contribution in [0.25, 0.3) is 11.4 Å². The van der Waals surface area contributed by atoms with E-state index in [1.807, 2.05) is 39.8 Å². The van der Waals surface area contributed by atoms with Gasteiger partial charge in [-0.05, 0) is 39.8 Å². The van der Waals surface area contributed by atoms with E-state index in [0.29, 0.717) is 18.2 Å². The zero-order valence-corrected chi connectivity index (χ0v) is 13.3. The van der Waals surface area contributed by atoms with Gasteiger partial charge in [0.15, 0.2) is 5.82 Å². The maximum absolute atomic E-state index is 11.7. The van der Waals surface area contributed by atoms with Crippen molar-refractivity contribution >= 4 is 6.09 Å². The van der Waals surface area contributed by atoms with Gasteiger partial charge in [-0.25, -0.2) is 14.5 Å². The van der Waals surface area contributed by atoms with E-state index < -0.39 is 11.7 Å². The summed E-state index contributed by atoms with van der Waals surface area (Å²) in [6.07, 6.45) is 2.92. The summed E-state index contributed by atoms with van der Waals surface area (Å²) in [5.74, 6) is 1.30. The Morgan fingerprint density at radius 3 is 2.59 bits per heavy atom. The van der Waals surface area contributed by atoms with Crippen molar-refractivity contribution in [1.29, 1.82) is 0 Å². The van der Waals surface area contributed by atoms with Crippen molar-refractivity contribution in [1.82, 2.24) is 25.1 Å². The maximum atomic E-state index is 11.7. The van der Waals surface area contributed by atoms with Crippen LogP contribution >= 0.6 is 0 Å². The fourth-order valence-electron chi connectivity index (χ4n) is 1.85. The molecule has 2 aromatic heterocycles. The highest BCUT2D eigenvalue weighted by molar-refractivity contribution is 5.67. The smallest absolute Gasteiger partial charge is 0.408 e. The van der Waals surface area contributed by atoms with Gasteiger partial charge in [0.2, 0.25) is 0 Å². The van der Waals surface area contributed by atoms with E-state index in [1.165, 1.54) is 0 Å². The van der Waals surface area contributed by atoms with E-state index in [-0.39, 0.29) is 6.54 Å². The Labute approximate surface area is 129 Å². The molecule has 2 heterocycles. The molecule has 22 heavy (non-hydrogen) atoms. The predicted octanol–water partition coefficient (Wildman–Crippen LogP) is 2.38. The van der Waals surface area contributed by atoms with Crippen molar-refractivity contribution < 1.29 is 9.53 Å². The number of nitrogens with one attached hydrogen (secondary N) is 1. The summed E-state index contributed by atoms with van der Waals surface area (Å²) in [7, 11) is 0. The van der Waals surface area contributed by atoms with Crippen LogP contribution in [-0.2, 0) is 17.8 Å². The van der Waals surface area contributed by atoms with Crippen molar-refractivity contribution in [2.45, 2.75) is 46.4 Å².